The molecular formula is C26H35N5O5S. The first-order valence-electron chi connectivity index (χ1n) is 12.8. The first-order valence-corrected chi connectivity index (χ1v) is 14.2. The average Bonchev–Trinajstić information content (AvgIpc) is 3.67. The van der Waals surface area contributed by atoms with E-state index in [2.05, 4.69) is 20.9 Å². The standard InChI is InChI=1S/C26H35N5O5S/c1-37-13-10-19(29-24(33)22-9-5-12-31(22)25(34)20-8-4-11-27-20)23(32)30-21(26(35)36)14-16-15-28-18-7-3-2-6-17(16)18/h2-3,6-7,15,19-22,27-28H,4-5,8-14H2,1H3,(H,29,33)(H,30,32)(H,35,36). The number of hydrogen-bond acceptors (Lipinski definition) is 6. The zero-order valence-electron chi connectivity index (χ0n) is 21.0. The number of nitrogens with one attached hydrogen (secondary N) is 4. The molecule has 4 unspecified atom stereocenters. The summed E-state index contributed by atoms with van der Waals surface area (Å²) in [5.41, 5.74) is 1.68. The van der Waals surface area contributed by atoms with Crippen molar-refractivity contribution in [2.24, 2.45) is 0 Å². The fourth-order valence-electron chi connectivity index (χ4n) is 5.16. The summed E-state index contributed by atoms with van der Waals surface area (Å²) in [6.45, 7) is 1.31. The van der Waals surface area contributed by atoms with Gasteiger partial charge in [0.2, 0.25) is 17.7 Å². The van der Waals surface area contributed by atoms with Crippen molar-refractivity contribution in [3.63, 3.8) is 0 Å². The number of H-pyrrole nitrogens is 1. The minimum Gasteiger partial charge on any atom is -0.480 e. The van der Waals surface area contributed by atoms with Crippen LogP contribution in [0, 0.1) is 0 Å². The molecular weight excluding hydrogens is 494 g/mol. The Labute approximate surface area is 220 Å². The van der Waals surface area contributed by atoms with Crippen molar-refractivity contribution in [2.75, 3.05) is 25.1 Å². The molecule has 0 spiro atoms. The summed E-state index contributed by atoms with van der Waals surface area (Å²) < 4.78 is 0. The number of carboxylic acids is 1. The molecule has 5 N–H and O–H groups in total. The molecule has 11 heteroatoms. The number of fused-ring (bicyclic) bond motifs is 1. The lowest BCUT2D eigenvalue weighted by molar-refractivity contribution is -0.143. The van der Waals surface area contributed by atoms with Gasteiger partial charge in [0.25, 0.3) is 0 Å². The second-order valence-electron chi connectivity index (χ2n) is 9.64. The van der Waals surface area contributed by atoms with E-state index in [1.807, 2.05) is 30.5 Å². The van der Waals surface area contributed by atoms with Crippen molar-refractivity contribution < 1.29 is 24.3 Å². The van der Waals surface area contributed by atoms with Crippen LogP contribution in [0.2, 0.25) is 0 Å². The fourth-order valence-corrected chi connectivity index (χ4v) is 5.64. The minimum absolute atomic E-state index is 0.0649. The summed E-state index contributed by atoms with van der Waals surface area (Å²) in [4.78, 5) is 56.2. The molecule has 2 saturated heterocycles. The topological polar surface area (TPSA) is 144 Å². The molecule has 0 bridgehead atoms. The number of aromatic amines is 1. The third kappa shape index (κ3) is 6.45. The number of para-hydroxylation sites is 1. The zero-order chi connectivity index (χ0) is 26.4. The minimum atomic E-state index is -1.15. The molecule has 4 rings (SSSR count). The van der Waals surface area contributed by atoms with Crippen LogP contribution < -0.4 is 16.0 Å². The number of carbonyl (C=O) groups excluding carboxylic acids is 3. The van der Waals surface area contributed by atoms with E-state index in [0.717, 1.165) is 42.3 Å². The van der Waals surface area contributed by atoms with Gasteiger partial charge in [0.05, 0.1) is 6.04 Å². The van der Waals surface area contributed by atoms with Gasteiger partial charge >= 0.3 is 5.97 Å². The SMILES string of the molecule is CSCCC(NC(=O)C1CCCN1C(=O)C1CCCN1)C(=O)NC(Cc1c[nH]c2ccccc12)C(=O)O. The quantitative estimate of drug-likeness (QED) is 0.295. The number of carbonyl (C=O) groups is 4. The van der Waals surface area contributed by atoms with Crippen LogP contribution in [0.3, 0.4) is 0 Å². The van der Waals surface area contributed by atoms with Crippen molar-refractivity contribution >= 4 is 46.4 Å². The van der Waals surface area contributed by atoms with Crippen LogP contribution in [-0.2, 0) is 25.6 Å². The summed E-state index contributed by atoms with van der Waals surface area (Å²) in [6, 6.07) is 4.64. The van der Waals surface area contributed by atoms with Crippen molar-refractivity contribution in [3.05, 3.63) is 36.0 Å². The first-order chi connectivity index (χ1) is 17.9. The van der Waals surface area contributed by atoms with Crippen LogP contribution in [0.5, 0.6) is 0 Å². The van der Waals surface area contributed by atoms with Gasteiger partial charge in [0.15, 0.2) is 0 Å². The van der Waals surface area contributed by atoms with Gasteiger partial charge in [-0.2, -0.15) is 11.8 Å². The molecule has 0 saturated carbocycles. The predicted molar refractivity (Wildman–Crippen MR) is 142 cm³/mol. The van der Waals surface area contributed by atoms with Gasteiger partial charge in [0, 0.05) is 30.1 Å². The summed E-state index contributed by atoms with van der Waals surface area (Å²) in [5, 5.41) is 19.4. The molecule has 2 aliphatic rings. The van der Waals surface area contributed by atoms with Crippen LogP contribution in [0.4, 0.5) is 0 Å². The summed E-state index contributed by atoms with van der Waals surface area (Å²) in [5.74, 6) is -1.51. The Morgan fingerprint density at radius 3 is 2.68 bits per heavy atom. The number of benzene rings is 1. The summed E-state index contributed by atoms with van der Waals surface area (Å²) in [7, 11) is 0. The molecule has 2 aromatic rings. The maximum atomic E-state index is 13.2. The van der Waals surface area contributed by atoms with Crippen molar-refractivity contribution in [1.82, 2.24) is 25.8 Å². The summed E-state index contributed by atoms with van der Waals surface area (Å²) >= 11 is 1.53. The van der Waals surface area contributed by atoms with Crippen LogP contribution in [0.25, 0.3) is 10.9 Å². The monoisotopic (exact) mass is 529 g/mol. The van der Waals surface area contributed by atoms with Gasteiger partial charge in [-0.1, -0.05) is 18.2 Å². The van der Waals surface area contributed by atoms with Gasteiger partial charge in [-0.05, 0) is 62.3 Å². The normalized spacial score (nSPS) is 21.1. The zero-order valence-corrected chi connectivity index (χ0v) is 21.8. The number of rotatable bonds is 11. The lowest BCUT2D eigenvalue weighted by atomic mass is 10.0. The third-order valence-electron chi connectivity index (χ3n) is 7.15. The molecule has 2 fully saturated rings. The van der Waals surface area contributed by atoms with Crippen LogP contribution in [0.1, 0.15) is 37.7 Å². The Kier molecular flexibility index (Phi) is 9.09. The van der Waals surface area contributed by atoms with Crippen LogP contribution >= 0.6 is 11.8 Å². The molecule has 0 radical (unpaired) electrons. The molecule has 1 aromatic carbocycles. The Morgan fingerprint density at radius 2 is 1.95 bits per heavy atom. The highest BCUT2D eigenvalue weighted by atomic mass is 32.2. The molecule has 2 aliphatic heterocycles. The molecule has 1 aromatic heterocycles. The Balaban J connectivity index is 1.43. The van der Waals surface area contributed by atoms with E-state index in [-0.39, 0.29) is 24.3 Å². The highest BCUT2D eigenvalue weighted by molar-refractivity contribution is 7.98. The van der Waals surface area contributed by atoms with Gasteiger partial charge < -0.3 is 30.9 Å². The van der Waals surface area contributed by atoms with E-state index in [9.17, 15) is 24.3 Å². The highest BCUT2D eigenvalue weighted by Gasteiger charge is 2.39. The van der Waals surface area contributed by atoms with Crippen molar-refractivity contribution in [2.45, 2.75) is 62.7 Å². The third-order valence-corrected chi connectivity index (χ3v) is 7.80. The molecule has 200 valence electrons. The fraction of sp³-hybridized carbons (Fsp3) is 0.538. The predicted octanol–water partition coefficient (Wildman–Crippen LogP) is 1.26. The number of hydrogen-bond donors (Lipinski definition) is 5. The van der Waals surface area contributed by atoms with Gasteiger partial charge in [-0.25, -0.2) is 4.79 Å². The van der Waals surface area contributed by atoms with E-state index >= 15 is 0 Å². The van der Waals surface area contributed by atoms with Crippen molar-refractivity contribution in [1.29, 1.82) is 0 Å². The van der Waals surface area contributed by atoms with Gasteiger partial charge in [-0.3, -0.25) is 14.4 Å². The second kappa shape index (κ2) is 12.5. The molecule has 10 nitrogen and oxygen atoms in total. The van der Waals surface area contributed by atoms with E-state index < -0.39 is 30.0 Å². The first kappa shape index (κ1) is 27.0. The van der Waals surface area contributed by atoms with Crippen LogP contribution in [-0.4, -0.2) is 87.9 Å². The lowest BCUT2D eigenvalue weighted by Gasteiger charge is -2.28. The van der Waals surface area contributed by atoms with Crippen LogP contribution in [0.15, 0.2) is 30.5 Å². The number of aliphatic carboxylic acids is 1. The highest BCUT2D eigenvalue weighted by Crippen LogP contribution is 2.22. The largest absolute Gasteiger partial charge is 0.480 e. The van der Waals surface area contributed by atoms with E-state index in [0.29, 0.717) is 25.1 Å². The van der Waals surface area contributed by atoms with E-state index in [4.69, 9.17) is 0 Å². The number of thioether (sulfide) groups is 1. The molecule has 3 heterocycles. The number of amides is 3. The molecule has 0 aliphatic carbocycles. The molecule has 4 atom stereocenters. The Bertz CT molecular complexity index is 1130. The smallest absolute Gasteiger partial charge is 0.326 e. The molecule has 37 heavy (non-hydrogen) atoms. The van der Waals surface area contributed by atoms with E-state index in [1.165, 1.54) is 11.8 Å². The number of aromatic nitrogens is 1. The lowest BCUT2D eigenvalue weighted by Crippen LogP contribution is -2.56. The summed E-state index contributed by atoms with van der Waals surface area (Å²) in [6.07, 6.45) is 7.07. The van der Waals surface area contributed by atoms with E-state index in [1.54, 1.807) is 11.1 Å². The van der Waals surface area contributed by atoms with Gasteiger partial charge in [-0.15, -0.1) is 0 Å². The average molecular weight is 530 g/mol. The van der Waals surface area contributed by atoms with Crippen molar-refractivity contribution in [3.8, 4) is 0 Å². The number of likely N-dealkylation sites (tertiary alicyclic amines) is 1. The molecule has 3 amide bonds. The number of nitrogens with zero attached hydrogens (tertiary/aromatic N) is 1. The maximum absolute atomic E-state index is 13.2. The maximum Gasteiger partial charge on any atom is 0.326 e. The number of carboxylic acid groups (broad SMARTS) is 1. The Morgan fingerprint density at radius 1 is 1.14 bits per heavy atom. The second-order valence-corrected chi connectivity index (χ2v) is 10.6. The van der Waals surface area contributed by atoms with Gasteiger partial charge in [0.1, 0.15) is 18.1 Å². The Hall–Kier alpha value is -3.05.